The highest BCUT2D eigenvalue weighted by atomic mass is 32.1. The summed E-state index contributed by atoms with van der Waals surface area (Å²) in [6, 6.07) is 4.12. The molecule has 4 rings (SSSR count). The number of nitrogens with one attached hydrogen (secondary N) is 1. The van der Waals surface area contributed by atoms with Crippen LogP contribution in [-0.4, -0.2) is 45.3 Å². The Labute approximate surface area is 186 Å². The van der Waals surface area contributed by atoms with Gasteiger partial charge in [0.2, 0.25) is 11.7 Å². The van der Waals surface area contributed by atoms with Crippen molar-refractivity contribution in [2.45, 2.75) is 30.8 Å². The number of halogens is 3. The van der Waals surface area contributed by atoms with Crippen LogP contribution in [0, 0.1) is 12.3 Å². The Hall–Kier alpha value is -2.78. The van der Waals surface area contributed by atoms with E-state index >= 15 is 0 Å². The fraction of sp³-hybridized carbons (Fsp3) is 0.381. The molecule has 2 atom stereocenters. The van der Waals surface area contributed by atoms with Gasteiger partial charge in [0.15, 0.2) is 0 Å². The first kappa shape index (κ1) is 22.4. The van der Waals surface area contributed by atoms with Gasteiger partial charge in [0.05, 0.1) is 30.4 Å². The predicted molar refractivity (Wildman–Crippen MR) is 111 cm³/mol. The summed E-state index contributed by atoms with van der Waals surface area (Å²) in [5.41, 5.74) is -0.987. The molecule has 0 aliphatic carbocycles. The molecule has 3 heterocycles. The van der Waals surface area contributed by atoms with E-state index in [1.54, 1.807) is 0 Å². The third-order valence-electron chi connectivity index (χ3n) is 5.19. The number of terminal acetylenes is 1. The molecule has 7 nitrogen and oxygen atoms in total. The summed E-state index contributed by atoms with van der Waals surface area (Å²) in [5, 5.41) is 20.8. The van der Waals surface area contributed by atoms with Gasteiger partial charge in [0.25, 0.3) is 0 Å². The first-order valence-corrected chi connectivity index (χ1v) is 10.6. The normalized spacial score (nSPS) is 21.2. The zero-order valence-electron chi connectivity index (χ0n) is 17.1. The van der Waals surface area contributed by atoms with Crippen molar-refractivity contribution in [1.29, 1.82) is 0 Å². The lowest BCUT2D eigenvalue weighted by atomic mass is 9.97. The van der Waals surface area contributed by atoms with Crippen LogP contribution < -0.4 is 5.32 Å². The van der Waals surface area contributed by atoms with E-state index in [4.69, 9.17) is 10.9 Å². The van der Waals surface area contributed by atoms with Gasteiger partial charge in [-0.1, -0.05) is 23.2 Å². The number of β-amino-alcohol motifs (C(OH)–C–C–N with tert-alkyl or cyclic N) is 1. The maximum absolute atomic E-state index is 12.7. The second kappa shape index (κ2) is 8.63. The number of aliphatic hydroxyl groups is 1. The summed E-state index contributed by atoms with van der Waals surface area (Å²) in [7, 11) is 1.90. The average Bonchev–Trinajstić information content (AvgIpc) is 3.48. The molecule has 3 aromatic rings. The van der Waals surface area contributed by atoms with Crippen LogP contribution in [0.1, 0.15) is 34.6 Å². The van der Waals surface area contributed by atoms with Crippen LogP contribution in [0.5, 0.6) is 0 Å². The molecular weight excluding hydrogens is 443 g/mol. The second-order valence-corrected chi connectivity index (χ2v) is 8.65. The molecule has 1 saturated heterocycles. The van der Waals surface area contributed by atoms with E-state index in [9.17, 15) is 18.3 Å². The van der Waals surface area contributed by atoms with Gasteiger partial charge in [-0.05, 0) is 19.2 Å². The van der Waals surface area contributed by atoms with Crippen molar-refractivity contribution < 1.29 is 22.8 Å². The number of hydrogen-bond donors (Lipinski definition) is 2. The SMILES string of the molecule is C#CCN(C)Cc1nc([C@]2(O)CN[C@@H](c3nc(-c4ccc(C(F)(F)F)cc4)no3)C2)cs1. The van der Waals surface area contributed by atoms with Gasteiger partial charge in [-0.2, -0.15) is 18.2 Å². The van der Waals surface area contributed by atoms with Gasteiger partial charge in [-0.15, -0.1) is 17.8 Å². The molecule has 2 N–H and O–H groups in total. The second-order valence-electron chi connectivity index (χ2n) is 7.70. The first-order valence-electron chi connectivity index (χ1n) is 9.72. The van der Waals surface area contributed by atoms with Gasteiger partial charge in [-0.25, -0.2) is 4.98 Å². The standard InChI is InChI=1S/C21H20F3N5O2S/c1-3-8-29(2)10-17-26-16(11-32-17)20(30)9-15(25-12-20)19-27-18(28-31-19)13-4-6-14(7-5-13)21(22,23)24/h1,4-7,11,15,25,30H,8-10,12H2,2H3/t15-,20-/m1/s1. The van der Waals surface area contributed by atoms with Crippen molar-refractivity contribution in [3.63, 3.8) is 0 Å². The number of nitrogens with zero attached hydrogens (tertiary/aromatic N) is 4. The molecule has 0 saturated carbocycles. The predicted octanol–water partition coefficient (Wildman–Crippen LogP) is 3.20. The van der Waals surface area contributed by atoms with E-state index in [1.165, 1.54) is 23.5 Å². The number of hydrogen-bond acceptors (Lipinski definition) is 8. The molecule has 0 unspecified atom stereocenters. The lowest BCUT2D eigenvalue weighted by Crippen LogP contribution is -2.28. The van der Waals surface area contributed by atoms with Gasteiger partial charge in [0.1, 0.15) is 10.6 Å². The third-order valence-corrected chi connectivity index (χ3v) is 6.02. The molecule has 0 amide bonds. The van der Waals surface area contributed by atoms with Gasteiger partial charge >= 0.3 is 6.18 Å². The highest BCUT2D eigenvalue weighted by Gasteiger charge is 2.43. The van der Waals surface area contributed by atoms with Crippen LogP contribution in [0.15, 0.2) is 34.2 Å². The van der Waals surface area contributed by atoms with E-state index in [0.29, 0.717) is 24.3 Å². The van der Waals surface area contributed by atoms with Crippen molar-refractivity contribution >= 4 is 11.3 Å². The molecule has 11 heteroatoms. The Balaban J connectivity index is 1.44. The summed E-state index contributed by atoms with van der Waals surface area (Å²) in [6.45, 7) is 1.34. The molecule has 1 aliphatic heterocycles. The number of aromatic nitrogens is 3. The molecule has 1 aromatic carbocycles. The highest BCUT2D eigenvalue weighted by molar-refractivity contribution is 7.09. The lowest BCUT2D eigenvalue weighted by Gasteiger charge is -2.18. The minimum Gasteiger partial charge on any atom is -0.382 e. The maximum Gasteiger partial charge on any atom is 0.416 e. The Kier molecular flexibility index (Phi) is 6.05. The van der Waals surface area contributed by atoms with Crippen molar-refractivity contribution in [3.05, 3.63) is 51.8 Å². The molecule has 1 aliphatic rings. The maximum atomic E-state index is 12.7. The van der Waals surface area contributed by atoms with Gasteiger partial charge < -0.3 is 14.9 Å². The minimum atomic E-state index is -4.41. The fourth-order valence-corrected chi connectivity index (χ4v) is 4.45. The zero-order valence-corrected chi connectivity index (χ0v) is 17.9. The summed E-state index contributed by atoms with van der Waals surface area (Å²) in [5.74, 6) is 3.00. The minimum absolute atomic E-state index is 0.179. The Morgan fingerprint density at radius 2 is 2.09 bits per heavy atom. The number of thiazole rings is 1. The van der Waals surface area contributed by atoms with Crippen LogP contribution in [-0.2, 0) is 18.3 Å². The van der Waals surface area contributed by atoms with Gasteiger partial charge in [0, 0.05) is 23.9 Å². The molecule has 32 heavy (non-hydrogen) atoms. The first-order chi connectivity index (χ1) is 15.2. The van der Waals surface area contributed by atoms with Crippen molar-refractivity contribution in [2.75, 3.05) is 20.1 Å². The Morgan fingerprint density at radius 1 is 1.34 bits per heavy atom. The monoisotopic (exact) mass is 463 g/mol. The van der Waals surface area contributed by atoms with Crippen LogP contribution in [0.2, 0.25) is 0 Å². The van der Waals surface area contributed by atoms with Crippen LogP contribution in [0.4, 0.5) is 13.2 Å². The van der Waals surface area contributed by atoms with Crippen molar-refractivity contribution in [2.24, 2.45) is 0 Å². The summed E-state index contributed by atoms with van der Waals surface area (Å²) < 4.78 is 43.5. The van der Waals surface area contributed by atoms with Gasteiger partial charge in [-0.3, -0.25) is 4.90 Å². The average molecular weight is 463 g/mol. The molecule has 0 radical (unpaired) electrons. The lowest BCUT2D eigenvalue weighted by molar-refractivity contribution is -0.137. The van der Waals surface area contributed by atoms with E-state index < -0.39 is 23.4 Å². The highest BCUT2D eigenvalue weighted by Crippen LogP contribution is 2.38. The van der Waals surface area contributed by atoms with E-state index in [2.05, 4.69) is 26.4 Å². The summed E-state index contributed by atoms with van der Waals surface area (Å²) >= 11 is 1.45. The fourth-order valence-electron chi connectivity index (χ4n) is 3.49. The van der Waals surface area contributed by atoms with Crippen LogP contribution >= 0.6 is 11.3 Å². The van der Waals surface area contributed by atoms with Crippen LogP contribution in [0.25, 0.3) is 11.4 Å². The number of benzene rings is 1. The summed E-state index contributed by atoms with van der Waals surface area (Å²) in [6.07, 6.45) is 1.18. The molecule has 168 valence electrons. The molecule has 0 bridgehead atoms. The van der Waals surface area contributed by atoms with Crippen molar-refractivity contribution in [1.82, 2.24) is 25.3 Å². The Bertz CT molecular complexity index is 1120. The molecule has 2 aromatic heterocycles. The number of rotatable bonds is 6. The number of alkyl halides is 3. The molecular formula is C21H20F3N5O2S. The smallest absolute Gasteiger partial charge is 0.382 e. The topological polar surface area (TPSA) is 87.3 Å². The van der Waals surface area contributed by atoms with Crippen LogP contribution in [0.3, 0.4) is 0 Å². The zero-order chi connectivity index (χ0) is 22.9. The quantitative estimate of drug-likeness (QED) is 0.543. The summed E-state index contributed by atoms with van der Waals surface area (Å²) in [4.78, 5) is 10.8. The Morgan fingerprint density at radius 3 is 2.78 bits per heavy atom. The van der Waals surface area contributed by atoms with E-state index in [1.807, 2.05) is 17.3 Å². The van der Waals surface area contributed by atoms with E-state index in [-0.39, 0.29) is 24.7 Å². The largest absolute Gasteiger partial charge is 0.416 e. The van der Waals surface area contributed by atoms with E-state index in [0.717, 1.165) is 17.1 Å². The van der Waals surface area contributed by atoms with Crippen molar-refractivity contribution in [3.8, 4) is 23.7 Å². The molecule has 1 fully saturated rings. The molecule has 0 spiro atoms. The third kappa shape index (κ3) is 4.68.